The molecule has 6 rings (SSSR count). The number of alkyl halides is 3. The van der Waals surface area contributed by atoms with Crippen molar-refractivity contribution in [2.24, 2.45) is 0 Å². The van der Waals surface area contributed by atoms with Crippen LogP contribution in [0.2, 0.25) is 0 Å². The number of sulfonamides is 1. The van der Waals surface area contributed by atoms with Crippen LogP contribution in [0.5, 0.6) is 0 Å². The Hall–Kier alpha value is -1.76. The van der Waals surface area contributed by atoms with Crippen molar-refractivity contribution in [1.29, 1.82) is 0 Å². The summed E-state index contributed by atoms with van der Waals surface area (Å²) in [5.74, 6) is 0.483. The monoisotopic (exact) mass is 716 g/mol. The van der Waals surface area contributed by atoms with Crippen molar-refractivity contribution in [3.63, 3.8) is 0 Å². The van der Waals surface area contributed by atoms with Crippen LogP contribution in [0.3, 0.4) is 0 Å². The molecule has 3 saturated heterocycles. The van der Waals surface area contributed by atoms with Crippen molar-refractivity contribution in [3.05, 3.63) is 35.0 Å². The Labute approximate surface area is 285 Å². The highest BCUT2D eigenvalue weighted by molar-refractivity contribution is 7.99. The van der Waals surface area contributed by atoms with E-state index < -0.39 is 27.9 Å². The first-order valence-electron chi connectivity index (χ1n) is 16.9. The Morgan fingerprint density at radius 3 is 2.33 bits per heavy atom. The quantitative estimate of drug-likeness (QED) is 0.349. The first kappa shape index (κ1) is 36.0. The highest BCUT2D eigenvalue weighted by atomic mass is 32.2. The molecular weight excluding hydrogens is 670 g/mol. The van der Waals surface area contributed by atoms with Gasteiger partial charge in [0.25, 0.3) is 0 Å². The van der Waals surface area contributed by atoms with E-state index in [9.17, 15) is 26.7 Å². The zero-order valence-electron chi connectivity index (χ0n) is 27.5. The normalized spacial score (nSPS) is 22.2. The van der Waals surface area contributed by atoms with Gasteiger partial charge >= 0.3 is 6.18 Å². The maximum absolute atomic E-state index is 14.1. The first-order valence-corrected chi connectivity index (χ1v) is 19.7. The standard InChI is InChI=1S/C32H47F3N6O5S2/c1-48(43,44)40-9-6-29-27(23-40)31(24-2-3-28(32(33,34)35)30(20-24)47-19-14-37-10-15-45-16-11-37)36-41(29)22-26(42)21-38-7-4-25(5-8-38)39-12-17-46-18-13-39/h2-3,20,25-26,42H,4-19,21-23H2,1H3. The van der Waals surface area contributed by atoms with E-state index in [0.717, 1.165) is 83.3 Å². The molecule has 268 valence electrons. The molecule has 1 aromatic carbocycles. The Bertz CT molecular complexity index is 1490. The fourth-order valence-electron chi connectivity index (χ4n) is 7.23. The summed E-state index contributed by atoms with van der Waals surface area (Å²) in [5.41, 5.74) is 1.75. The van der Waals surface area contributed by atoms with E-state index in [0.29, 0.717) is 61.3 Å². The molecule has 16 heteroatoms. The molecule has 1 unspecified atom stereocenters. The molecule has 0 aliphatic carbocycles. The molecule has 0 radical (unpaired) electrons. The molecule has 0 spiro atoms. The molecule has 1 N–H and O–H groups in total. The van der Waals surface area contributed by atoms with Crippen LogP contribution in [-0.4, -0.2) is 152 Å². The third-order valence-corrected chi connectivity index (χ3v) is 12.2. The maximum Gasteiger partial charge on any atom is 0.417 e. The lowest BCUT2D eigenvalue weighted by atomic mass is 10.0. The molecule has 11 nitrogen and oxygen atoms in total. The van der Waals surface area contributed by atoms with Crippen molar-refractivity contribution in [3.8, 4) is 11.3 Å². The number of fused-ring (bicyclic) bond motifs is 1. The molecule has 0 saturated carbocycles. The van der Waals surface area contributed by atoms with E-state index in [-0.39, 0.29) is 24.5 Å². The third kappa shape index (κ3) is 8.93. The van der Waals surface area contributed by atoms with E-state index >= 15 is 0 Å². The summed E-state index contributed by atoms with van der Waals surface area (Å²) < 4.78 is 81.4. The lowest BCUT2D eigenvalue weighted by Crippen LogP contribution is -2.50. The van der Waals surface area contributed by atoms with Crippen LogP contribution in [0, 0.1) is 0 Å². The SMILES string of the molecule is CS(=O)(=O)N1CCc2c(c(-c3ccc(C(F)(F)F)c(SCCN4CCOCC4)c3)nn2CC(O)CN2CCC(N3CCOCC3)CC2)C1. The van der Waals surface area contributed by atoms with Crippen molar-refractivity contribution in [2.45, 2.75) is 55.6 Å². The molecule has 48 heavy (non-hydrogen) atoms. The molecule has 1 atom stereocenters. The zero-order chi connectivity index (χ0) is 33.9. The molecule has 0 bridgehead atoms. The predicted molar refractivity (Wildman–Crippen MR) is 177 cm³/mol. The van der Waals surface area contributed by atoms with Gasteiger partial charge in [-0.2, -0.15) is 22.6 Å². The smallest absolute Gasteiger partial charge is 0.390 e. The van der Waals surface area contributed by atoms with Gasteiger partial charge in [-0.3, -0.25) is 14.5 Å². The van der Waals surface area contributed by atoms with Gasteiger partial charge in [0, 0.05) is 92.3 Å². The van der Waals surface area contributed by atoms with Gasteiger partial charge in [-0.1, -0.05) is 6.07 Å². The van der Waals surface area contributed by atoms with Crippen molar-refractivity contribution >= 4 is 21.8 Å². The number of piperidine rings is 1. The van der Waals surface area contributed by atoms with Crippen molar-refractivity contribution in [2.75, 3.05) is 97.3 Å². The van der Waals surface area contributed by atoms with E-state index in [1.54, 1.807) is 4.68 Å². The van der Waals surface area contributed by atoms with Crippen molar-refractivity contribution in [1.82, 2.24) is 28.8 Å². The van der Waals surface area contributed by atoms with Gasteiger partial charge in [0.05, 0.1) is 56.6 Å². The van der Waals surface area contributed by atoms with Crippen molar-refractivity contribution < 1.29 is 36.2 Å². The Morgan fingerprint density at radius 1 is 0.979 bits per heavy atom. The van der Waals surface area contributed by atoms with Crippen LogP contribution in [0.25, 0.3) is 11.3 Å². The van der Waals surface area contributed by atoms with E-state index in [1.165, 1.54) is 28.2 Å². The summed E-state index contributed by atoms with van der Waals surface area (Å²) in [6, 6.07) is 4.60. The number of hydrogen-bond acceptors (Lipinski definition) is 10. The van der Waals surface area contributed by atoms with E-state index in [2.05, 4.69) is 14.7 Å². The van der Waals surface area contributed by atoms with Gasteiger partial charge in [-0.15, -0.1) is 11.8 Å². The fourth-order valence-corrected chi connectivity index (χ4v) is 9.14. The highest BCUT2D eigenvalue weighted by Gasteiger charge is 2.35. The van der Waals surface area contributed by atoms with Gasteiger partial charge in [0.1, 0.15) is 0 Å². The minimum absolute atomic E-state index is 0.0785. The highest BCUT2D eigenvalue weighted by Crippen LogP contribution is 2.40. The summed E-state index contributed by atoms with van der Waals surface area (Å²) in [6.45, 7) is 9.71. The lowest BCUT2D eigenvalue weighted by Gasteiger charge is -2.40. The van der Waals surface area contributed by atoms with Crippen LogP contribution in [0.15, 0.2) is 23.1 Å². The topological polar surface area (TPSA) is 104 Å². The summed E-state index contributed by atoms with van der Waals surface area (Å²) in [5, 5.41) is 16.1. The first-order chi connectivity index (χ1) is 23.0. The molecule has 4 aliphatic rings. The van der Waals surface area contributed by atoms with E-state index in [4.69, 9.17) is 14.6 Å². The van der Waals surface area contributed by atoms with Gasteiger partial charge < -0.3 is 19.5 Å². The maximum atomic E-state index is 14.1. The Kier molecular flexibility index (Phi) is 11.7. The van der Waals surface area contributed by atoms with Gasteiger partial charge in [-0.25, -0.2) is 8.42 Å². The third-order valence-electron chi connectivity index (χ3n) is 9.87. The van der Waals surface area contributed by atoms with Crippen LogP contribution in [-0.2, 0) is 45.2 Å². The number of nitrogens with zero attached hydrogens (tertiary/aromatic N) is 6. The minimum Gasteiger partial charge on any atom is -0.390 e. The number of benzene rings is 1. The van der Waals surface area contributed by atoms with Crippen LogP contribution < -0.4 is 0 Å². The Balaban J connectivity index is 1.20. The summed E-state index contributed by atoms with van der Waals surface area (Å²) in [7, 11) is -3.51. The van der Waals surface area contributed by atoms with Crippen LogP contribution in [0.4, 0.5) is 13.2 Å². The van der Waals surface area contributed by atoms with Gasteiger partial charge in [0.2, 0.25) is 10.0 Å². The number of ether oxygens (including phenoxy) is 2. The number of halogens is 3. The zero-order valence-corrected chi connectivity index (χ0v) is 29.2. The van der Waals surface area contributed by atoms with Gasteiger partial charge in [0.15, 0.2) is 0 Å². The largest absolute Gasteiger partial charge is 0.417 e. The van der Waals surface area contributed by atoms with Crippen LogP contribution in [0.1, 0.15) is 29.7 Å². The number of aliphatic hydroxyl groups is 1. The van der Waals surface area contributed by atoms with Crippen LogP contribution >= 0.6 is 11.8 Å². The second-order valence-electron chi connectivity index (χ2n) is 13.1. The minimum atomic E-state index is -4.52. The number of thioether (sulfide) groups is 1. The lowest BCUT2D eigenvalue weighted by molar-refractivity contribution is -0.139. The summed E-state index contributed by atoms with van der Waals surface area (Å²) in [4.78, 5) is 7.08. The molecule has 4 aliphatic heterocycles. The number of β-amino-alcohol motifs (C(OH)–C–C–N with tert-alkyl or cyclic N) is 1. The summed E-state index contributed by atoms with van der Waals surface area (Å²) >= 11 is 1.17. The molecular formula is C32H47F3N6O5S2. The molecule has 0 amide bonds. The number of rotatable bonds is 11. The average molecular weight is 717 g/mol. The second-order valence-corrected chi connectivity index (χ2v) is 16.3. The summed E-state index contributed by atoms with van der Waals surface area (Å²) in [6.07, 6.45) is -1.60. The molecule has 5 heterocycles. The Morgan fingerprint density at radius 2 is 1.67 bits per heavy atom. The second kappa shape index (κ2) is 15.6. The number of aliphatic hydroxyl groups excluding tert-OH is 1. The number of hydrogen-bond donors (Lipinski definition) is 1. The van der Waals surface area contributed by atoms with Gasteiger partial charge in [-0.05, 0) is 38.1 Å². The molecule has 1 aromatic heterocycles. The predicted octanol–water partition coefficient (Wildman–Crippen LogP) is 2.47. The molecule has 2 aromatic rings. The number of likely N-dealkylation sites (tertiary alicyclic amines) is 1. The number of aromatic nitrogens is 2. The van der Waals surface area contributed by atoms with E-state index in [1.807, 2.05) is 0 Å². The molecule has 3 fully saturated rings. The fraction of sp³-hybridized carbons (Fsp3) is 0.719. The average Bonchev–Trinajstić information content (AvgIpc) is 3.42. The number of morpholine rings is 2.